The average molecular weight is 212 g/mol. The highest BCUT2D eigenvalue weighted by atomic mass is 32.1. The smallest absolute Gasteiger partial charge is 0.116 e. The van der Waals surface area contributed by atoms with Crippen LogP contribution in [0.3, 0.4) is 0 Å². The van der Waals surface area contributed by atoms with Crippen molar-refractivity contribution in [2.24, 2.45) is 0 Å². The van der Waals surface area contributed by atoms with E-state index < -0.39 is 0 Å². The van der Waals surface area contributed by atoms with Gasteiger partial charge < -0.3 is 10.1 Å². The van der Waals surface area contributed by atoms with E-state index >= 15 is 0 Å². The van der Waals surface area contributed by atoms with Gasteiger partial charge in [0.2, 0.25) is 0 Å². The Bertz CT molecular complexity index is 310. The molecule has 1 unspecified atom stereocenters. The van der Waals surface area contributed by atoms with Gasteiger partial charge >= 0.3 is 0 Å². The van der Waals surface area contributed by atoms with Gasteiger partial charge in [-0.3, -0.25) is 0 Å². The molecule has 1 aliphatic heterocycles. The summed E-state index contributed by atoms with van der Waals surface area (Å²) in [4.78, 5) is 4.41. The van der Waals surface area contributed by atoms with Crippen molar-refractivity contribution < 1.29 is 4.74 Å². The monoisotopic (exact) mass is 212 g/mol. The molecular formula is C10H16N2OS. The second-order valence-corrected chi connectivity index (χ2v) is 5.00. The van der Waals surface area contributed by atoms with E-state index in [1.165, 1.54) is 0 Å². The zero-order valence-corrected chi connectivity index (χ0v) is 9.65. The van der Waals surface area contributed by atoms with E-state index in [2.05, 4.69) is 24.1 Å². The van der Waals surface area contributed by atoms with Gasteiger partial charge in [0.15, 0.2) is 0 Å². The molecule has 0 amide bonds. The number of likely N-dealkylation sites (N-methyl/N-ethyl adjacent to an activating group) is 1. The van der Waals surface area contributed by atoms with E-state index in [0.29, 0.717) is 0 Å². The van der Waals surface area contributed by atoms with Crippen LogP contribution < -0.4 is 5.32 Å². The van der Waals surface area contributed by atoms with E-state index in [4.69, 9.17) is 4.74 Å². The molecule has 1 atom stereocenters. The van der Waals surface area contributed by atoms with Crippen molar-refractivity contribution in [3.05, 3.63) is 16.6 Å². The maximum absolute atomic E-state index is 5.78. The summed E-state index contributed by atoms with van der Waals surface area (Å²) in [6.45, 7) is 5.04. The SMILES string of the molecule is CNC1(c2nccs2)CCOC1(C)C. The third-order valence-electron chi connectivity index (χ3n) is 3.19. The van der Waals surface area contributed by atoms with Crippen LogP contribution in [0.25, 0.3) is 0 Å². The fraction of sp³-hybridized carbons (Fsp3) is 0.700. The van der Waals surface area contributed by atoms with Gasteiger partial charge in [0, 0.05) is 18.2 Å². The highest BCUT2D eigenvalue weighted by molar-refractivity contribution is 7.09. The van der Waals surface area contributed by atoms with E-state index in [1.807, 2.05) is 18.6 Å². The van der Waals surface area contributed by atoms with Gasteiger partial charge in [-0.15, -0.1) is 11.3 Å². The highest BCUT2D eigenvalue weighted by Gasteiger charge is 2.52. The molecule has 3 nitrogen and oxygen atoms in total. The predicted octanol–water partition coefficient (Wildman–Crippen LogP) is 1.76. The Morgan fingerprint density at radius 1 is 1.57 bits per heavy atom. The normalized spacial score (nSPS) is 30.8. The fourth-order valence-corrected chi connectivity index (χ4v) is 3.24. The van der Waals surface area contributed by atoms with Gasteiger partial charge in [0.1, 0.15) is 10.5 Å². The molecule has 2 rings (SSSR count). The molecule has 0 spiro atoms. The standard InChI is InChI=1S/C10H16N2OS/c1-9(2)10(11-3,4-6-13-9)8-12-5-7-14-8/h5,7,11H,4,6H2,1-3H3. The zero-order chi connectivity index (χ0) is 10.2. The number of hydrogen-bond donors (Lipinski definition) is 1. The van der Waals surface area contributed by atoms with Gasteiger partial charge in [-0.05, 0) is 27.3 Å². The molecular weight excluding hydrogens is 196 g/mol. The second-order valence-electron chi connectivity index (χ2n) is 4.10. The van der Waals surface area contributed by atoms with Gasteiger partial charge in [-0.1, -0.05) is 0 Å². The average Bonchev–Trinajstić information content (AvgIpc) is 2.72. The number of rotatable bonds is 2. The van der Waals surface area contributed by atoms with E-state index in [9.17, 15) is 0 Å². The number of hydrogen-bond acceptors (Lipinski definition) is 4. The molecule has 0 saturated carbocycles. The lowest BCUT2D eigenvalue weighted by Gasteiger charge is -2.38. The Labute approximate surface area is 88.5 Å². The third-order valence-corrected chi connectivity index (χ3v) is 4.13. The van der Waals surface area contributed by atoms with Crippen LogP contribution in [0.4, 0.5) is 0 Å². The summed E-state index contributed by atoms with van der Waals surface area (Å²) in [7, 11) is 1.98. The zero-order valence-electron chi connectivity index (χ0n) is 8.83. The Balaban J connectivity index is 2.44. The fourth-order valence-electron chi connectivity index (χ4n) is 2.22. The van der Waals surface area contributed by atoms with Crippen LogP contribution in [0, 0.1) is 0 Å². The summed E-state index contributed by atoms with van der Waals surface area (Å²) in [6.07, 6.45) is 2.84. The van der Waals surface area contributed by atoms with Crippen LogP contribution in [-0.2, 0) is 10.3 Å². The molecule has 14 heavy (non-hydrogen) atoms. The first-order valence-electron chi connectivity index (χ1n) is 4.85. The minimum Gasteiger partial charge on any atom is -0.373 e. The molecule has 1 aromatic rings. The van der Waals surface area contributed by atoms with Crippen LogP contribution in [0.15, 0.2) is 11.6 Å². The number of aromatic nitrogens is 1. The first kappa shape index (κ1) is 10.1. The van der Waals surface area contributed by atoms with Crippen LogP contribution in [0.1, 0.15) is 25.3 Å². The Morgan fingerprint density at radius 2 is 2.36 bits per heavy atom. The second kappa shape index (κ2) is 3.29. The molecule has 1 fully saturated rings. The van der Waals surface area contributed by atoms with Crippen molar-refractivity contribution in [2.45, 2.75) is 31.4 Å². The van der Waals surface area contributed by atoms with Gasteiger partial charge in [-0.25, -0.2) is 4.98 Å². The lowest BCUT2D eigenvalue weighted by Crippen LogP contribution is -2.52. The molecule has 1 aliphatic rings. The van der Waals surface area contributed by atoms with E-state index in [1.54, 1.807) is 11.3 Å². The first-order valence-corrected chi connectivity index (χ1v) is 5.73. The maximum atomic E-state index is 5.78. The van der Waals surface area contributed by atoms with Gasteiger partial charge in [0.25, 0.3) is 0 Å². The summed E-state index contributed by atoms with van der Waals surface area (Å²) in [6, 6.07) is 0. The van der Waals surface area contributed by atoms with Gasteiger partial charge in [-0.2, -0.15) is 0 Å². The number of nitrogens with one attached hydrogen (secondary N) is 1. The molecule has 2 heterocycles. The number of nitrogens with zero attached hydrogens (tertiary/aromatic N) is 1. The van der Waals surface area contributed by atoms with Crippen LogP contribution in [0.5, 0.6) is 0 Å². The predicted molar refractivity (Wildman–Crippen MR) is 57.5 cm³/mol. The Hall–Kier alpha value is -0.450. The van der Waals surface area contributed by atoms with Crippen LogP contribution in [0.2, 0.25) is 0 Å². The van der Waals surface area contributed by atoms with Crippen molar-refractivity contribution in [1.29, 1.82) is 0 Å². The Kier molecular flexibility index (Phi) is 2.37. The lowest BCUT2D eigenvalue weighted by atomic mass is 9.82. The maximum Gasteiger partial charge on any atom is 0.116 e. The van der Waals surface area contributed by atoms with Crippen LogP contribution in [-0.4, -0.2) is 24.2 Å². The molecule has 1 aromatic heterocycles. The topological polar surface area (TPSA) is 34.2 Å². The van der Waals surface area contributed by atoms with Crippen LogP contribution >= 0.6 is 11.3 Å². The minimum absolute atomic E-state index is 0.110. The number of thiazole rings is 1. The third kappa shape index (κ3) is 1.21. The summed E-state index contributed by atoms with van der Waals surface area (Å²) in [5.74, 6) is 0. The molecule has 0 aliphatic carbocycles. The Morgan fingerprint density at radius 3 is 2.79 bits per heavy atom. The number of ether oxygens (including phenoxy) is 1. The summed E-state index contributed by atoms with van der Waals surface area (Å²) >= 11 is 1.69. The van der Waals surface area contributed by atoms with E-state index in [-0.39, 0.29) is 11.1 Å². The molecule has 0 aromatic carbocycles. The minimum atomic E-state index is -0.181. The molecule has 1 N–H and O–H groups in total. The molecule has 78 valence electrons. The van der Waals surface area contributed by atoms with Crippen molar-refractivity contribution in [3.63, 3.8) is 0 Å². The molecule has 1 saturated heterocycles. The summed E-state index contributed by atoms with van der Waals surface area (Å²) < 4.78 is 5.78. The quantitative estimate of drug-likeness (QED) is 0.811. The van der Waals surface area contributed by atoms with Crippen molar-refractivity contribution in [3.8, 4) is 0 Å². The summed E-state index contributed by atoms with van der Waals surface area (Å²) in [5, 5.41) is 6.54. The van der Waals surface area contributed by atoms with Crippen molar-refractivity contribution in [1.82, 2.24) is 10.3 Å². The lowest BCUT2D eigenvalue weighted by molar-refractivity contribution is -0.0111. The van der Waals surface area contributed by atoms with Gasteiger partial charge in [0.05, 0.1) is 5.60 Å². The van der Waals surface area contributed by atoms with E-state index in [0.717, 1.165) is 18.0 Å². The largest absolute Gasteiger partial charge is 0.373 e. The highest BCUT2D eigenvalue weighted by Crippen LogP contribution is 2.43. The van der Waals surface area contributed by atoms with Crippen molar-refractivity contribution in [2.75, 3.05) is 13.7 Å². The van der Waals surface area contributed by atoms with Crippen molar-refractivity contribution >= 4 is 11.3 Å². The summed E-state index contributed by atoms with van der Waals surface area (Å²) in [5.41, 5.74) is -0.291. The molecule has 4 heteroatoms. The molecule has 0 radical (unpaired) electrons. The first-order chi connectivity index (χ1) is 6.62. The molecule has 0 bridgehead atoms.